The zero-order valence-electron chi connectivity index (χ0n) is 9.33. The summed E-state index contributed by atoms with van der Waals surface area (Å²) in [6.45, 7) is 3.50. The lowest BCUT2D eigenvalue weighted by molar-refractivity contribution is 0.315. The van der Waals surface area contributed by atoms with Gasteiger partial charge in [0, 0.05) is 23.4 Å². The molecule has 2 rings (SSSR count). The summed E-state index contributed by atoms with van der Waals surface area (Å²) in [7, 11) is 0. The van der Waals surface area contributed by atoms with Crippen LogP contribution in [-0.2, 0) is 6.54 Å². The fourth-order valence-corrected chi connectivity index (χ4v) is 3.20. The van der Waals surface area contributed by atoms with Crippen molar-refractivity contribution in [1.82, 2.24) is 4.90 Å². The number of alkyl halides is 1. The van der Waals surface area contributed by atoms with E-state index < -0.39 is 0 Å². The average molecular weight is 303 g/mol. The number of nitrogens with zero attached hydrogens (tertiary/aromatic N) is 1. The number of likely N-dealkylation sites (tertiary alicyclic amines) is 1. The molecule has 1 saturated heterocycles. The van der Waals surface area contributed by atoms with E-state index in [-0.39, 0.29) is 0 Å². The second-order valence-electron chi connectivity index (χ2n) is 4.50. The summed E-state index contributed by atoms with van der Waals surface area (Å²) < 4.78 is 0. The van der Waals surface area contributed by atoms with E-state index in [2.05, 4.69) is 33.0 Å². The van der Waals surface area contributed by atoms with Gasteiger partial charge in [-0.25, -0.2) is 0 Å². The van der Waals surface area contributed by atoms with Crippen LogP contribution in [0.25, 0.3) is 0 Å². The lowest BCUT2D eigenvalue weighted by Crippen LogP contribution is -2.20. The highest BCUT2D eigenvalue weighted by Gasteiger charge is 2.21. The summed E-state index contributed by atoms with van der Waals surface area (Å²) in [6, 6.07) is 8.19. The number of hydrogen-bond donors (Lipinski definition) is 0. The molecule has 1 atom stereocenters. The minimum Gasteiger partial charge on any atom is -0.299 e. The Labute approximate surface area is 111 Å². The van der Waals surface area contributed by atoms with Gasteiger partial charge >= 0.3 is 0 Å². The van der Waals surface area contributed by atoms with Gasteiger partial charge in [-0.05, 0) is 43.0 Å². The Morgan fingerprint density at radius 2 is 2.31 bits per heavy atom. The van der Waals surface area contributed by atoms with E-state index in [9.17, 15) is 0 Å². The Morgan fingerprint density at radius 1 is 1.44 bits per heavy atom. The van der Waals surface area contributed by atoms with Crippen LogP contribution in [0.1, 0.15) is 18.4 Å². The highest BCUT2D eigenvalue weighted by Crippen LogP contribution is 2.22. The van der Waals surface area contributed by atoms with Crippen LogP contribution in [0.4, 0.5) is 0 Å². The third kappa shape index (κ3) is 3.47. The van der Waals surface area contributed by atoms with Crippen LogP contribution in [0.3, 0.4) is 0 Å². The van der Waals surface area contributed by atoms with Crippen LogP contribution in [0.2, 0.25) is 5.02 Å². The molecule has 0 aliphatic carbocycles. The van der Waals surface area contributed by atoms with E-state index in [1.165, 1.54) is 31.5 Å². The van der Waals surface area contributed by atoms with E-state index in [1.54, 1.807) is 0 Å². The largest absolute Gasteiger partial charge is 0.299 e. The Hall–Kier alpha value is -0.0500. The molecule has 0 N–H and O–H groups in total. The Balaban J connectivity index is 1.87. The second-order valence-corrected chi connectivity index (χ2v) is 5.73. The molecule has 1 aromatic carbocycles. The summed E-state index contributed by atoms with van der Waals surface area (Å²) in [5.41, 5.74) is 1.33. The first-order chi connectivity index (χ1) is 7.78. The third-order valence-electron chi connectivity index (χ3n) is 3.18. The predicted molar refractivity (Wildman–Crippen MR) is 73.2 cm³/mol. The Kier molecular flexibility index (Phi) is 4.68. The van der Waals surface area contributed by atoms with Crippen molar-refractivity contribution in [3.63, 3.8) is 0 Å². The molecule has 1 fully saturated rings. The quantitative estimate of drug-likeness (QED) is 0.761. The fourth-order valence-electron chi connectivity index (χ4n) is 2.34. The van der Waals surface area contributed by atoms with Crippen molar-refractivity contribution in [2.75, 3.05) is 18.4 Å². The van der Waals surface area contributed by atoms with Crippen molar-refractivity contribution >= 4 is 27.5 Å². The van der Waals surface area contributed by atoms with Crippen LogP contribution in [0, 0.1) is 5.92 Å². The second kappa shape index (κ2) is 6.04. The van der Waals surface area contributed by atoms with Crippen molar-refractivity contribution in [3.05, 3.63) is 34.9 Å². The van der Waals surface area contributed by atoms with E-state index in [0.717, 1.165) is 22.8 Å². The summed E-state index contributed by atoms with van der Waals surface area (Å²) in [4.78, 5) is 2.53. The molecule has 0 radical (unpaired) electrons. The van der Waals surface area contributed by atoms with Crippen molar-refractivity contribution < 1.29 is 0 Å². The van der Waals surface area contributed by atoms with E-state index >= 15 is 0 Å². The van der Waals surface area contributed by atoms with Crippen molar-refractivity contribution in [2.24, 2.45) is 5.92 Å². The third-order valence-corrected chi connectivity index (χ3v) is 3.88. The first-order valence-electron chi connectivity index (χ1n) is 5.80. The van der Waals surface area contributed by atoms with Gasteiger partial charge in [0.05, 0.1) is 0 Å². The highest BCUT2D eigenvalue weighted by atomic mass is 79.9. The molecule has 0 amide bonds. The van der Waals surface area contributed by atoms with E-state index in [1.807, 2.05) is 12.1 Å². The van der Waals surface area contributed by atoms with Gasteiger partial charge in [0.15, 0.2) is 0 Å². The van der Waals surface area contributed by atoms with Gasteiger partial charge in [-0.1, -0.05) is 39.7 Å². The molecule has 1 nitrogen and oxygen atoms in total. The Bertz CT molecular complexity index is 342. The van der Waals surface area contributed by atoms with Gasteiger partial charge in [0.25, 0.3) is 0 Å². The standard InChI is InChI=1S/C13H17BrClN/c14-6-4-11-5-7-16(9-11)10-12-2-1-3-13(15)8-12/h1-3,8,11H,4-7,9-10H2. The molecule has 0 saturated carbocycles. The van der Waals surface area contributed by atoms with Gasteiger partial charge in [-0.2, -0.15) is 0 Å². The normalized spacial score (nSPS) is 21.5. The zero-order valence-corrected chi connectivity index (χ0v) is 11.7. The van der Waals surface area contributed by atoms with Crippen LogP contribution in [0.5, 0.6) is 0 Å². The molecular weight excluding hydrogens is 286 g/mol. The van der Waals surface area contributed by atoms with Gasteiger partial charge in [-0.15, -0.1) is 0 Å². The fraction of sp³-hybridized carbons (Fsp3) is 0.538. The first-order valence-corrected chi connectivity index (χ1v) is 7.30. The predicted octanol–water partition coefficient (Wildman–Crippen LogP) is 3.95. The molecular formula is C13H17BrClN. The first kappa shape index (κ1) is 12.4. The molecule has 0 spiro atoms. The van der Waals surface area contributed by atoms with Crippen molar-refractivity contribution in [2.45, 2.75) is 19.4 Å². The maximum absolute atomic E-state index is 5.98. The molecule has 3 heteroatoms. The summed E-state index contributed by atoms with van der Waals surface area (Å²) in [5, 5.41) is 1.97. The number of benzene rings is 1. The number of rotatable bonds is 4. The van der Waals surface area contributed by atoms with E-state index in [0.29, 0.717) is 0 Å². The number of halogens is 2. The molecule has 1 aliphatic heterocycles. The smallest absolute Gasteiger partial charge is 0.0409 e. The van der Waals surface area contributed by atoms with Gasteiger partial charge in [0.1, 0.15) is 0 Å². The zero-order chi connectivity index (χ0) is 11.4. The van der Waals surface area contributed by atoms with Crippen LogP contribution in [-0.4, -0.2) is 23.3 Å². The molecule has 1 aromatic rings. The Morgan fingerprint density at radius 3 is 3.06 bits per heavy atom. The average Bonchev–Trinajstić information content (AvgIpc) is 2.66. The lowest BCUT2D eigenvalue weighted by atomic mass is 10.1. The maximum atomic E-state index is 5.98. The minimum atomic E-state index is 0.841. The van der Waals surface area contributed by atoms with Crippen LogP contribution in [0.15, 0.2) is 24.3 Å². The van der Waals surface area contributed by atoms with E-state index in [4.69, 9.17) is 11.6 Å². The van der Waals surface area contributed by atoms with Crippen molar-refractivity contribution in [3.8, 4) is 0 Å². The number of hydrogen-bond acceptors (Lipinski definition) is 1. The molecule has 1 heterocycles. The van der Waals surface area contributed by atoms with Crippen LogP contribution < -0.4 is 0 Å². The monoisotopic (exact) mass is 301 g/mol. The molecule has 1 unspecified atom stereocenters. The SMILES string of the molecule is Clc1cccc(CN2CCC(CCBr)C2)c1. The molecule has 88 valence electrons. The van der Waals surface area contributed by atoms with Gasteiger partial charge in [0.2, 0.25) is 0 Å². The van der Waals surface area contributed by atoms with Gasteiger partial charge < -0.3 is 0 Å². The minimum absolute atomic E-state index is 0.841. The summed E-state index contributed by atoms with van der Waals surface area (Å²) >= 11 is 9.50. The molecule has 0 bridgehead atoms. The topological polar surface area (TPSA) is 3.24 Å². The summed E-state index contributed by atoms with van der Waals surface area (Å²) in [5.74, 6) is 0.874. The van der Waals surface area contributed by atoms with Crippen LogP contribution >= 0.6 is 27.5 Å². The highest BCUT2D eigenvalue weighted by molar-refractivity contribution is 9.09. The lowest BCUT2D eigenvalue weighted by Gasteiger charge is -2.15. The summed E-state index contributed by atoms with van der Waals surface area (Å²) in [6.07, 6.45) is 2.64. The van der Waals surface area contributed by atoms with Gasteiger partial charge in [-0.3, -0.25) is 4.90 Å². The maximum Gasteiger partial charge on any atom is 0.0409 e. The molecule has 16 heavy (non-hydrogen) atoms. The molecule has 0 aromatic heterocycles. The molecule has 1 aliphatic rings. The van der Waals surface area contributed by atoms with Crippen molar-refractivity contribution in [1.29, 1.82) is 0 Å².